The summed E-state index contributed by atoms with van der Waals surface area (Å²) >= 11 is 6.11. The molecule has 1 aromatic carbocycles. The summed E-state index contributed by atoms with van der Waals surface area (Å²) in [5.74, 6) is 0.904. The first kappa shape index (κ1) is 15.6. The number of para-hydroxylation sites is 1. The van der Waals surface area contributed by atoms with Crippen LogP contribution in [-0.4, -0.2) is 42.5 Å². The van der Waals surface area contributed by atoms with E-state index in [2.05, 4.69) is 19.8 Å². The Bertz CT molecular complexity index is 693. The summed E-state index contributed by atoms with van der Waals surface area (Å²) < 4.78 is 10.5. The molecule has 1 fully saturated rings. The minimum Gasteiger partial charge on any atom is -0.487 e. The van der Waals surface area contributed by atoms with Crippen LogP contribution >= 0.6 is 11.6 Å². The van der Waals surface area contributed by atoms with Crippen LogP contribution < -0.4 is 9.64 Å². The lowest BCUT2D eigenvalue weighted by Gasteiger charge is -2.18. The molecule has 1 atom stereocenters. The fourth-order valence-electron chi connectivity index (χ4n) is 2.46. The van der Waals surface area contributed by atoms with Crippen molar-refractivity contribution in [2.75, 3.05) is 25.1 Å². The molecule has 0 bridgehead atoms. The van der Waals surface area contributed by atoms with Crippen LogP contribution in [0.3, 0.4) is 0 Å². The molecule has 7 heteroatoms. The molecule has 1 aromatic heterocycles. The van der Waals surface area contributed by atoms with Crippen molar-refractivity contribution in [2.24, 2.45) is 0 Å². The van der Waals surface area contributed by atoms with Crippen LogP contribution in [0.25, 0.3) is 0 Å². The average Bonchev–Trinajstić information content (AvgIpc) is 3.05. The minimum atomic E-state index is -0.495. The van der Waals surface area contributed by atoms with Crippen molar-refractivity contribution in [1.29, 1.82) is 0 Å². The number of nitrogens with zero attached hydrogens (tertiary/aromatic N) is 3. The summed E-state index contributed by atoms with van der Waals surface area (Å²) in [6.45, 7) is 1.50. The fourth-order valence-corrected chi connectivity index (χ4v) is 2.64. The van der Waals surface area contributed by atoms with Gasteiger partial charge in [0.1, 0.15) is 11.9 Å². The summed E-state index contributed by atoms with van der Waals surface area (Å²) in [5, 5.41) is 8.58. The van der Waals surface area contributed by atoms with E-state index in [1.807, 2.05) is 18.2 Å². The number of hydrogen-bond donors (Lipinski definition) is 0. The monoisotopic (exact) mass is 333 g/mol. The number of ether oxygens (including phenoxy) is 2. The highest BCUT2D eigenvalue weighted by molar-refractivity contribution is 6.32. The molecule has 2 heterocycles. The van der Waals surface area contributed by atoms with Crippen molar-refractivity contribution < 1.29 is 14.3 Å². The molecule has 6 nitrogen and oxygen atoms in total. The molecule has 1 aliphatic heterocycles. The quantitative estimate of drug-likeness (QED) is 0.801. The van der Waals surface area contributed by atoms with E-state index in [0.717, 1.165) is 13.0 Å². The summed E-state index contributed by atoms with van der Waals surface area (Å²) in [6.07, 6.45) is 0.906. The van der Waals surface area contributed by atoms with E-state index in [9.17, 15) is 4.79 Å². The van der Waals surface area contributed by atoms with Gasteiger partial charge >= 0.3 is 5.97 Å². The maximum absolute atomic E-state index is 11.4. The Morgan fingerprint density at radius 2 is 2.09 bits per heavy atom. The molecule has 1 aliphatic rings. The maximum atomic E-state index is 11.4. The van der Waals surface area contributed by atoms with Crippen LogP contribution in [0.15, 0.2) is 36.4 Å². The Balaban J connectivity index is 1.63. The molecule has 0 unspecified atom stereocenters. The van der Waals surface area contributed by atoms with Crippen LogP contribution in [0.2, 0.25) is 5.02 Å². The van der Waals surface area contributed by atoms with Gasteiger partial charge in [0.25, 0.3) is 0 Å². The van der Waals surface area contributed by atoms with Gasteiger partial charge in [-0.15, -0.1) is 10.2 Å². The second-order valence-corrected chi connectivity index (χ2v) is 5.58. The minimum absolute atomic E-state index is 0.0389. The maximum Gasteiger partial charge on any atom is 0.358 e. The van der Waals surface area contributed by atoms with Crippen molar-refractivity contribution in [3.05, 3.63) is 47.1 Å². The van der Waals surface area contributed by atoms with E-state index in [0.29, 0.717) is 23.1 Å². The van der Waals surface area contributed by atoms with Crippen LogP contribution in [0, 0.1) is 0 Å². The third-order valence-electron chi connectivity index (χ3n) is 3.64. The highest BCUT2D eigenvalue weighted by Crippen LogP contribution is 2.27. The molecule has 1 saturated heterocycles. The standard InChI is InChI=1S/C16H16ClN3O3/c1-22-16(21)13-6-7-15(19-18-13)20-9-8-11(10-20)23-14-5-3-2-4-12(14)17/h2-7,11H,8-10H2,1H3/t11-/m0/s1. The molecular weight excluding hydrogens is 318 g/mol. The Labute approximate surface area is 139 Å². The molecule has 2 aromatic rings. The van der Waals surface area contributed by atoms with Gasteiger partial charge in [-0.05, 0) is 24.3 Å². The highest BCUT2D eigenvalue weighted by Gasteiger charge is 2.26. The van der Waals surface area contributed by atoms with Crippen molar-refractivity contribution in [3.8, 4) is 5.75 Å². The molecule has 23 heavy (non-hydrogen) atoms. The first-order valence-electron chi connectivity index (χ1n) is 7.25. The van der Waals surface area contributed by atoms with E-state index in [1.165, 1.54) is 7.11 Å². The largest absolute Gasteiger partial charge is 0.487 e. The number of hydrogen-bond acceptors (Lipinski definition) is 6. The van der Waals surface area contributed by atoms with Crippen molar-refractivity contribution in [2.45, 2.75) is 12.5 Å². The summed E-state index contributed by atoms with van der Waals surface area (Å²) in [4.78, 5) is 13.4. The van der Waals surface area contributed by atoms with Gasteiger partial charge in [-0.2, -0.15) is 0 Å². The molecule has 0 saturated carbocycles. The molecule has 120 valence electrons. The molecule has 0 amide bonds. The number of benzene rings is 1. The molecule has 0 aliphatic carbocycles. The molecule has 0 N–H and O–H groups in total. The number of carbonyl (C=O) groups excluding carboxylic acids is 1. The van der Waals surface area contributed by atoms with Crippen LogP contribution in [0.5, 0.6) is 5.75 Å². The smallest absolute Gasteiger partial charge is 0.358 e. The second-order valence-electron chi connectivity index (χ2n) is 5.17. The predicted octanol–water partition coefficient (Wildman–Crippen LogP) is 2.57. The van der Waals surface area contributed by atoms with Crippen molar-refractivity contribution in [1.82, 2.24) is 10.2 Å². The predicted molar refractivity (Wildman–Crippen MR) is 86.1 cm³/mol. The highest BCUT2D eigenvalue weighted by atomic mass is 35.5. The van der Waals surface area contributed by atoms with Gasteiger partial charge in [-0.1, -0.05) is 23.7 Å². The lowest BCUT2D eigenvalue weighted by atomic mass is 10.3. The van der Waals surface area contributed by atoms with Gasteiger partial charge in [0, 0.05) is 13.0 Å². The zero-order valence-corrected chi connectivity index (χ0v) is 13.4. The van der Waals surface area contributed by atoms with Gasteiger partial charge in [-0.25, -0.2) is 4.79 Å². The lowest BCUT2D eigenvalue weighted by Crippen LogP contribution is -2.25. The Morgan fingerprint density at radius 3 is 2.78 bits per heavy atom. The summed E-state index contributed by atoms with van der Waals surface area (Å²) in [7, 11) is 1.31. The van der Waals surface area contributed by atoms with Crippen molar-refractivity contribution >= 4 is 23.4 Å². The fraction of sp³-hybridized carbons (Fsp3) is 0.312. The van der Waals surface area contributed by atoms with Gasteiger partial charge in [0.15, 0.2) is 11.5 Å². The van der Waals surface area contributed by atoms with Gasteiger partial charge < -0.3 is 14.4 Å². The topological polar surface area (TPSA) is 64.5 Å². The second kappa shape index (κ2) is 6.83. The van der Waals surface area contributed by atoms with Gasteiger partial charge in [0.05, 0.1) is 18.7 Å². The number of aromatic nitrogens is 2. The van der Waals surface area contributed by atoms with E-state index >= 15 is 0 Å². The first-order chi connectivity index (χ1) is 11.2. The number of rotatable bonds is 4. The van der Waals surface area contributed by atoms with Crippen LogP contribution in [0.1, 0.15) is 16.9 Å². The zero-order valence-electron chi connectivity index (χ0n) is 12.6. The van der Waals surface area contributed by atoms with E-state index in [1.54, 1.807) is 18.2 Å². The van der Waals surface area contributed by atoms with Gasteiger partial charge in [-0.3, -0.25) is 0 Å². The molecule has 0 radical (unpaired) electrons. The normalized spacial score (nSPS) is 17.1. The Morgan fingerprint density at radius 1 is 1.26 bits per heavy atom. The van der Waals surface area contributed by atoms with Crippen molar-refractivity contribution in [3.63, 3.8) is 0 Å². The number of methoxy groups -OCH3 is 1. The number of carbonyl (C=O) groups is 1. The number of anilines is 1. The average molecular weight is 334 g/mol. The van der Waals surface area contributed by atoms with Gasteiger partial charge in [0.2, 0.25) is 0 Å². The molecular formula is C16H16ClN3O3. The summed E-state index contributed by atoms with van der Waals surface area (Å²) in [6, 6.07) is 10.8. The van der Waals surface area contributed by atoms with E-state index in [-0.39, 0.29) is 11.8 Å². The van der Waals surface area contributed by atoms with Crippen LogP contribution in [-0.2, 0) is 4.74 Å². The molecule has 0 spiro atoms. The SMILES string of the molecule is COC(=O)c1ccc(N2CC[C@H](Oc3ccccc3Cl)C2)nn1. The third kappa shape index (κ3) is 3.53. The zero-order chi connectivity index (χ0) is 16.2. The van der Waals surface area contributed by atoms with E-state index in [4.69, 9.17) is 16.3 Å². The lowest BCUT2D eigenvalue weighted by molar-refractivity contribution is 0.0592. The Kier molecular flexibility index (Phi) is 4.62. The summed E-state index contributed by atoms with van der Waals surface area (Å²) in [5.41, 5.74) is 0.194. The Hall–Kier alpha value is -2.34. The number of halogens is 1. The van der Waals surface area contributed by atoms with E-state index < -0.39 is 5.97 Å². The molecule has 3 rings (SSSR count). The first-order valence-corrected chi connectivity index (χ1v) is 7.63. The van der Waals surface area contributed by atoms with Crippen LogP contribution in [0.4, 0.5) is 5.82 Å². The third-order valence-corrected chi connectivity index (χ3v) is 3.96. The number of esters is 1.